The van der Waals surface area contributed by atoms with Crippen LogP contribution in [-0.2, 0) is 35.3 Å². The summed E-state index contributed by atoms with van der Waals surface area (Å²) >= 11 is 0. The molecule has 0 aromatic heterocycles. The lowest BCUT2D eigenvalue weighted by Crippen LogP contribution is -2.26. The molecule has 2 N–H and O–H groups in total. The monoisotopic (exact) mass is 1730 g/mol. The van der Waals surface area contributed by atoms with E-state index < -0.39 is 10.1 Å². The lowest BCUT2D eigenvalue weighted by Gasteiger charge is -2.26. The molecule has 12 rings (SSSR count). The quantitative estimate of drug-likeness (QED) is 0.00572. The summed E-state index contributed by atoms with van der Waals surface area (Å²) in [5.41, 5.74) is 10.2. The van der Waals surface area contributed by atoms with Gasteiger partial charge < -0.3 is 55.4 Å². The second-order valence-corrected chi connectivity index (χ2v) is 36.4. The molecule has 0 radical (unpaired) electrons. The van der Waals surface area contributed by atoms with Crippen molar-refractivity contribution in [1.82, 2.24) is 0 Å². The zero-order chi connectivity index (χ0) is 89.5. The minimum absolute atomic E-state index is 0. The van der Waals surface area contributed by atoms with Crippen LogP contribution in [-0.4, -0.2) is 96.5 Å². The van der Waals surface area contributed by atoms with E-state index in [9.17, 15) is 27.4 Å². The van der Waals surface area contributed by atoms with Gasteiger partial charge in [0.1, 0.15) is 68.5 Å². The van der Waals surface area contributed by atoms with Crippen LogP contribution < -0.4 is 23.7 Å². The van der Waals surface area contributed by atoms with Gasteiger partial charge in [-0.05, 0) is 279 Å². The second kappa shape index (κ2) is 58.1. The first-order valence-corrected chi connectivity index (χ1v) is 48.2. The number of esters is 1. The molecule has 17 heteroatoms. The molecule has 15 nitrogen and oxygen atoms in total. The van der Waals surface area contributed by atoms with Gasteiger partial charge in [-0.25, -0.2) is 8.42 Å². The molecule has 1 aliphatic heterocycles. The van der Waals surface area contributed by atoms with Gasteiger partial charge in [0.2, 0.25) is 5.78 Å². The summed E-state index contributed by atoms with van der Waals surface area (Å²) in [5, 5.41) is 18.2. The fraction of sp³-hybridized carbons (Fsp3) is 0.458. The average molecular weight is 1740 g/mol. The second-order valence-electron chi connectivity index (χ2n) is 32.7. The number of Topliss-reactive ketones (excluding diaryl/α,β-unsaturated/α-hetero) is 2. The first-order valence-electron chi connectivity index (χ1n) is 45.1. The Morgan fingerprint density at radius 2 is 0.847 bits per heavy atom. The van der Waals surface area contributed by atoms with Gasteiger partial charge in [-0.2, -0.15) is 0 Å². The molecule has 3 fully saturated rings. The Morgan fingerprint density at radius 3 is 1.35 bits per heavy atom. The van der Waals surface area contributed by atoms with Crippen LogP contribution in [0.15, 0.2) is 229 Å². The fourth-order valence-electron chi connectivity index (χ4n) is 14.1. The predicted molar refractivity (Wildman–Crippen MR) is 510 cm³/mol. The summed E-state index contributed by atoms with van der Waals surface area (Å²) in [5.74, 6) is 11.7. The molecular weight excluding hydrogens is 1590 g/mol. The van der Waals surface area contributed by atoms with Crippen LogP contribution in [0.25, 0.3) is 0 Å². The molecule has 1 heterocycles. The largest absolute Gasteiger partial charge is 0.744 e. The predicted octanol–water partition coefficient (Wildman–Crippen LogP) is 27.4. The average Bonchev–Trinajstić information content (AvgIpc) is 1.02. The number of phenolic OH excluding ortho intramolecular Hbond substituents is 2. The summed E-state index contributed by atoms with van der Waals surface area (Å²) in [7, 11) is -4.12. The molecular formula is C107H145O15S2-. The topological polar surface area (TPSA) is 213 Å². The van der Waals surface area contributed by atoms with Crippen molar-refractivity contribution < 1.29 is 70.7 Å². The van der Waals surface area contributed by atoms with Crippen molar-refractivity contribution in [3.05, 3.63) is 282 Å². The third-order valence-corrected chi connectivity index (χ3v) is 26.4. The molecule has 8 atom stereocenters. The summed E-state index contributed by atoms with van der Waals surface area (Å²) < 4.78 is 72.5. The third kappa shape index (κ3) is 40.0. The normalized spacial score (nSPS) is 15.2. The third-order valence-electron chi connectivity index (χ3n) is 23.2. The molecule has 3 aliphatic rings. The molecule has 0 bridgehead atoms. The number of ketones is 2. The number of carbonyl (C=O) groups is 3. The van der Waals surface area contributed by atoms with E-state index in [-0.39, 0.29) is 43.3 Å². The van der Waals surface area contributed by atoms with Gasteiger partial charge in [0.05, 0.1) is 17.6 Å². The lowest BCUT2D eigenvalue weighted by atomic mass is 9.84. The van der Waals surface area contributed by atoms with Gasteiger partial charge in [0.25, 0.3) is 0 Å². The lowest BCUT2D eigenvalue weighted by molar-refractivity contribution is -0.131. The number of carbonyl (C=O) groups excluding carboxylic acids is 3. The number of ether oxygens (including phenoxy) is 7. The summed E-state index contributed by atoms with van der Waals surface area (Å²) in [6, 6.07) is 70.1. The van der Waals surface area contributed by atoms with Gasteiger partial charge in [0, 0.05) is 18.1 Å². The number of aromatic hydroxyl groups is 2. The summed E-state index contributed by atoms with van der Waals surface area (Å²) in [4.78, 5) is 34.3. The van der Waals surface area contributed by atoms with Gasteiger partial charge in [-0.1, -0.05) is 249 Å². The highest BCUT2D eigenvalue weighted by atomic mass is 32.2. The van der Waals surface area contributed by atoms with Crippen molar-refractivity contribution >= 4 is 38.5 Å². The van der Waals surface area contributed by atoms with E-state index in [1.54, 1.807) is 30.3 Å². The Hall–Kier alpha value is -9.23. The maximum atomic E-state index is 12.1. The highest BCUT2D eigenvalue weighted by Gasteiger charge is 2.28. The van der Waals surface area contributed by atoms with Gasteiger partial charge >= 0.3 is 5.97 Å². The van der Waals surface area contributed by atoms with Crippen molar-refractivity contribution in [2.75, 3.05) is 37.1 Å². The van der Waals surface area contributed by atoms with Crippen LogP contribution in [0, 0.1) is 7.43 Å². The van der Waals surface area contributed by atoms with Gasteiger partial charge in [0.15, 0.2) is 30.7 Å². The van der Waals surface area contributed by atoms with Crippen LogP contribution in [0.4, 0.5) is 0 Å². The van der Waals surface area contributed by atoms with Gasteiger partial charge in [-0.3, -0.25) is 14.4 Å². The highest BCUT2D eigenvalue weighted by Crippen LogP contribution is 2.35. The number of phenols is 2. The van der Waals surface area contributed by atoms with E-state index in [2.05, 4.69) is 144 Å². The SMILES string of the molecule is CCC(C)c1ccc(O)cc1.CCC(C)c1ccc(OC(C)OCCOc2ccc(C3CCCCC3)cc2)cc1.CCC(C)c1cccc(O)c1.CCC(C)c1cccc(OC(C)=O)c1.CCC(C)c1cccc(OC(C)OC2CCCCC2)c1.CCC(C)c1cccc(OCC(=O)c2ccc(S(=O)(=O)[O-])cc2)c1.O=C(C[S+]1CCCC1)c1ccccc1.[CH3-]. The zero-order valence-corrected chi connectivity index (χ0v) is 78.8. The minimum atomic E-state index is -4.51. The highest BCUT2D eigenvalue weighted by molar-refractivity contribution is 7.97. The van der Waals surface area contributed by atoms with Crippen molar-refractivity contribution in [2.45, 2.75) is 284 Å². The molecule has 124 heavy (non-hydrogen) atoms. The van der Waals surface area contributed by atoms with Crippen LogP contribution in [0.5, 0.6) is 40.2 Å². The molecule has 0 amide bonds. The zero-order valence-electron chi connectivity index (χ0n) is 77.1. The van der Waals surface area contributed by atoms with E-state index in [0.29, 0.717) is 100 Å². The molecule has 676 valence electrons. The van der Waals surface area contributed by atoms with E-state index >= 15 is 0 Å². The van der Waals surface area contributed by atoms with Gasteiger partial charge in [-0.15, -0.1) is 0 Å². The Morgan fingerprint density at radius 1 is 0.411 bits per heavy atom. The van der Waals surface area contributed by atoms with Crippen molar-refractivity contribution in [2.24, 2.45) is 0 Å². The number of benzene rings is 9. The Labute approximate surface area is 748 Å². The van der Waals surface area contributed by atoms with Crippen molar-refractivity contribution in [1.29, 1.82) is 0 Å². The fourth-order valence-corrected chi connectivity index (χ4v) is 16.9. The van der Waals surface area contributed by atoms with E-state index in [1.165, 1.54) is 141 Å². The molecule has 8 unspecified atom stereocenters. The Bertz CT molecular complexity index is 4540. The first kappa shape index (κ1) is 105. The van der Waals surface area contributed by atoms with E-state index in [1.807, 2.05) is 123 Å². The maximum absolute atomic E-state index is 12.1. The molecule has 9 aromatic rings. The smallest absolute Gasteiger partial charge is 0.308 e. The Balaban J connectivity index is 0.000000264. The number of hydrogen-bond acceptors (Lipinski definition) is 15. The standard InChI is InChI=1S/C26H36O3.C18H20O5S.C18H28O2.C12H16O2.C12H15OS.2C10H14O.CH3/c1-4-20(2)22-10-16-26(17-11-22)29-21(3)27-18-19-28-25-14-12-24(13-15-25)23-8-6-5-7-9-23;1-3-13(2)15-5-4-6-16(11-15)23-12-18(19)14-7-9-17(10-8-14)24(20,21)22;1-4-14(2)16-9-8-12-18(13-16)20-15(3)19-17-10-6-5-7-11-17;1-4-9(2)11-6-5-7-12(8-11)14-10(3)13;13-12(10-14-8-4-5-9-14)11-6-2-1-3-7-11;1-3-8(2)9-4-6-10(11)7-5-9;1-3-8(2)9-5-4-6-10(11)7-9;/h10-17,20-21,23H,4-9,18-19H2,1-3H3;4-11,13H,3,12H2,1-2H3,(H,20,21,22);8-9,12-15,17H,4-7,10-11H2,1-3H3;5-9H,4H2,1-3H3;1-3,6-7H,4-5,8-10H2;2*4-8,11H,3H2,1-2H3;1H3/q;;;;+1;;;-1/p-1. The molecule has 9 aromatic carbocycles. The molecule has 2 aliphatic carbocycles. The number of rotatable bonds is 33. The molecule has 2 saturated carbocycles. The minimum Gasteiger partial charge on any atom is -0.744 e. The maximum Gasteiger partial charge on any atom is 0.308 e. The van der Waals surface area contributed by atoms with Crippen molar-refractivity contribution in [3.8, 4) is 40.2 Å². The van der Waals surface area contributed by atoms with Crippen molar-refractivity contribution in [3.63, 3.8) is 0 Å². The molecule has 1 saturated heterocycles. The van der Waals surface area contributed by atoms with Crippen LogP contribution >= 0.6 is 0 Å². The number of hydrogen-bond donors (Lipinski definition) is 2. The Kier molecular flexibility index (Phi) is 49.4. The van der Waals surface area contributed by atoms with Crippen LogP contribution in [0.2, 0.25) is 0 Å². The first-order chi connectivity index (χ1) is 59.1. The molecule has 0 spiro atoms. The van der Waals surface area contributed by atoms with Crippen LogP contribution in [0.1, 0.15) is 321 Å². The summed E-state index contributed by atoms with van der Waals surface area (Å²) in [6.07, 6.45) is 22.3. The van der Waals surface area contributed by atoms with E-state index in [4.69, 9.17) is 43.4 Å². The van der Waals surface area contributed by atoms with E-state index in [0.717, 1.165) is 90.7 Å². The van der Waals surface area contributed by atoms with Crippen LogP contribution in [0.3, 0.4) is 0 Å². The summed E-state index contributed by atoms with van der Waals surface area (Å²) in [6.45, 7) is 32.3.